The molecule has 0 amide bonds. The van der Waals surface area contributed by atoms with Gasteiger partial charge >= 0.3 is 0 Å². The van der Waals surface area contributed by atoms with E-state index in [0.717, 1.165) is 29.5 Å². The molecule has 21 heavy (non-hydrogen) atoms. The van der Waals surface area contributed by atoms with Gasteiger partial charge in [-0.25, -0.2) is 0 Å². The summed E-state index contributed by atoms with van der Waals surface area (Å²) in [5.74, 6) is 0.870. The standard InChI is InChI=1S/C17H21BrN2O/c1-19-15(7-5-13-4-3-9-20-12-13)10-14-6-8-17(21-2)16(18)11-14/h3-4,6,8-9,11-12,15,19H,5,7,10H2,1-2H3. The first-order chi connectivity index (χ1) is 10.2. The average Bonchev–Trinajstić information content (AvgIpc) is 2.52. The minimum absolute atomic E-state index is 0.450. The molecule has 2 aromatic rings. The molecule has 0 bridgehead atoms. The van der Waals surface area contributed by atoms with Gasteiger partial charge in [0.2, 0.25) is 0 Å². The Hall–Kier alpha value is -1.39. The van der Waals surface area contributed by atoms with Crippen LogP contribution < -0.4 is 10.1 Å². The molecule has 0 aliphatic heterocycles. The van der Waals surface area contributed by atoms with Crippen LogP contribution in [0, 0.1) is 0 Å². The molecule has 0 fully saturated rings. The Balaban J connectivity index is 1.94. The minimum Gasteiger partial charge on any atom is -0.496 e. The second-order valence-corrected chi connectivity index (χ2v) is 5.91. The maximum absolute atomic E-state index is 5.27. The van der Waals surface area contributed by atoms with E-state index in [1.165, 1.54) is 11.1 Å². The van der Waals surface area contributed by atoms with Crippen LogP contribution in [0.2, 0.25) is 0 Å². The largest absolute Gasteiger partial charge is 0.496 e. The van der Waals surface area contributed by atoms with Crippen molar-refractivity contribution in [3.05, 3.63) is 58.3 Å². The van der Waals surface area contributed by atoms with Crippen molar-refractivity contribution in [3.63, 3.8) is 0 Å². The molecule has 1 atom stereocenters. The van der Waals surface area contributed by atoms with Crippen LogP contribution in [0.25, 0.3) is 0 Å². The van der Waals surface area contributed by atoms with Gasteiger partial charge in [0.1, 0.15) is 5.75 Å². The predicted octanol–water partition coefficient (Wildman–Crippen LogP) is 3.62. The number of methoxy groups -OCH3 is 1. The third-order valence-electron chi connectivity index (χ3n) is 3.61. The molecule has 0 radical (unpaired) electrons. The minimum atomic E-state index is 0.450. The van der Waals surface area contributed by atoms with Crippen LogP contribution in [0.15, 0.2) is 47.2 Å². The molecular formula is C17H21BrN2O. The number of likely N-dealkylation sites (N-methyl/N-ethyl adjacent to an activating group) is 1. The van der Waals surface area contributed by atoms with Gasteiger partial charge in [-0.15, -0.1) is 0 Å². The van der Waals surface area contributed by atoms with Gasteiger partial charge in [0.25, 0.3) is 0 Å². The number of benzene rings is 1. The zero-order valence-electron chi connectivity index (χ0n) is 12.5. The number of halogens is 1. The Labute approximate surface area is 134 Å². The fourth-order valence-corrected chi connectivity index (χ4v) is 2.94. The first kappa shape index (κ1) is 16.0. The van der Waals surface area contributed by atoms with Gasteiger partial charge in [0.15, 0.2) is 0 Å². The van der Waals surface area contributed by atoms with E-state index in [4.69, 9.17) is 4.74 Å². The monoisotopic (exact) mass is 348 g/mol. The van der Waals surface area contributed by atoms with E-state index >= 15 is 0 Å². The fourth-order valence-electron chi connectivity index (χ4n) is 2.36. The lowest BCUT2D eigenvalue weighted by Gasteiger charge is -2.17. The molecule has 112 valence electrons. The van der Waals surface area contributed by atoms with E-state index < -0.39 is 0 Å². The molecule has 0 spiro atoms. The first-order valence-corrected chi connectivity index (χ1v) is 7.91. The zero-order chi connectivity index (χ0) is 15.1. The third kappa shape index (κ3) is 4.83. The normalized spacial score (nSPS) is 12.1. The number of hydrogen-bond donors (Lipinski definition) is 1. The summed E-state index contributed by atoms with van der Waals surface area (Å²) in [4.78, 5) is 4.16. The number of ether oxygens (including phenoxy) is 1. The zero-order valence-corrected chi connectivity index (χ0v) is 14.1. The highest BCUT2D eigenvalue weighted by Gasteiger charge is 2.09. The van der Waals surface area contributed by atoms with Gasteiger partial charge in [-0.1, -0.05) is 12.1 Å². The molecule has 1 N–H and O–H groups in total. The molecule has 3 nitrogen and oxygen atoms in total. The SMILES string of the molecule is CNC(CCc1cccnc1)Cc1ccc(OC)c(Br)c1. The average molecular weight is 349 g/mol. The molecule has 4 heteroatoms. The van der Waals surface area contributed by atoms with Crippen LogP contribution >= 0.6 is 15.9 Å². The number of hydrogen-bond acceptors (Lipinski definition) is 3. The highest BCUT2D eigenvalue weighted by atomic mass is 79.9. The van der Waals surface area contributed by atoms with Crippen molar-refractivity contribution in [1.29, 1.82) is 0 Å². The molecule has 0 saturated carbocycles. The molecule has 2 rings (SSSR count). The Morgan fingerprint density at radius 2 is 2.14 bits per heavy atom. The molecule has 1 unspecified atom stereocenters. The Morgan fingerprint density at radius 3 is 2.76 bits per heavy atom. The molecule has 0 saturated heterocycles. The molecule has 1 aromatic carbocycles. The van der Waals surface area contributed by atoms with Crippen molar-refractivity contribution in [2.24, 2.45) is 0 Å². The number of rotatable bonds is 7. The van der Waals surface area contributed by atoms with Gasteiger partial charge < -0.3 is 10.1 Å². The summed E-state index contributed by atoms with van der Waals surface area (Å²) in [6.45, 7) is 0. The smallest absolute Gasteiger partial charge is 0.133 e. The van der Waals surface area contributed by atoms with Gasteiger partial charge in [0.05, 0.1) is 11.6 Å². The summed E-state index contributed by atoms with van der Waals surface area (Å²) < 4.78 is 6.27. The van der Waals surface area contributed by atoms with Gasteiger partial charge in [-0.3, -0.25) is 4.98 Å². The van der Waals surface area contributed by atoms with E-state index in [-0.39, 0.29) is 0 Å². The highest BCUT2D eigenvalue weighted by molar-refractivity contribution is 9.10. The second-order valence-electron chi connectivity index (χ2n) is 5.06. The molecular weight excluding hydrogens is 328 g/mol. The summed E-state index contributed by atoms with van der Waals surface area (Å²) in [5.41, 5.74) is 2.59. The van der Waals surface area contributed by atoms with Crippen molar-refractivity contribution in [2.45, 2.75) is 25.3 Å². The predicted molar refractivity (Wildman–Crippen MR) is 89.8 cm³/mol. The summed E-state index contributed by atoms with van der Waals surface area (Å²) in [7, 11) is 3.70. The maximum Gasteiger partial charge on any atom is 0.133 e. The lowest BCUT2D eigenvalue weighted by atomic mass is 10.00. The van der Waals surface area contributed by atoms with Crippen LogP contribution in [0.1, 0.15) is 17.5 Å². The fraction of sp³-hybridized carbons (Fsp3) is 0.353. The van der Waals surface area contributed by atoms with E-state index in [2.05, 4.69) is 44.4 Å². The lowest BCUT2D eigenvalue weighted by molar-refractivity contribution is 0.411. The number of aryl methyl sites for hydroxylation is 1. The topological polar surface area (TPSA) is 34.2 Å². The summed E-state index contributed by atoms with van der Waals surface area (Å²) >= 11 is 3.54. The van der Waals surface area contributed by atoms with Gasteiger partial charge in [-0.2, -0.15) is 0 Å². The Morgan fingerprint density at radius 1 is 1.29 bits per heavy atom. The molecule has 1 aromatic heterocycles. The molecule has 0 aliphatic carbocycles. The van der Waals surface area contributed by atoms with Crippen molar-refractivity contribution in [2.75, 3.05) is 14.2 Å². The second kappa shape index (κ2) is 8.15. The van der Waals surface area contributed by atoms with Crippen LogP contribution in [0.3, 0.4) is 0 Å². The summed E-state index contributed by atoms with van der Waals surface area (Å²) in [6.07, 6.45) is 6.88. The highest BCUT2D eigenvalue weighted by Crippen LogP contribution is 2.26. The van der Waals surface area contributed by atoms with E-state index in [1.807, 2.05) is 31.6 Å². The van der Waals surface area contributed by atoms with E-state index in [1.54, 1.807) is 7.11 Å². The van der Waals surface area contributed by atoms with Crippen LogP contribution in [0.5, 0.6) is 5.75 Å². The molecule has 0 aliphatic rings. The van der Waals surface area contributed by atoms with Crippen LogP contribution in [-0.4, -0.2) is 25.2 Å². The lowest BCUT2D eigenvalue weighted by Crippen LogP contribution is -2.28. The Kier molecular flexibility index (Phi) is 6.21. The summed E-state index contributed by atoms with van der Waals surface area (Å²) in [5, 5.41) is 3.40. The van der Waals surface area contributed by atoms with Crippen molar-refractivity contribution < 1.29 is 4.74 Å². The first-order valence-electron chi connectivity index (χ1n) is 7.11. The van der Waals surface area contributed by atoms with Gasteiger partial charge in [-0.05, 0) is 71.6 Å². The number of aromatic nitrogens is 1. The van der Waals surface area contributed by atoms with Crippen LogP contribution in [-0.2, 0) is 12.8 Å². The quantitative estimate of drug-likeness (QED) is 0.829. The van der Waals surface area contributed by atoms with Gasteiger partial charge in [0, 0.05) is 18.4 Å². The third-order valence-corrected chi connectivity index (χ3v) is 4.23. The van der Waals surface area contributed by atoms with Crippen molar-refractivity contribution >= 4 is 15.9 Å². The summed E-state index contributed by atoms with van der Waals surface area (Å²) in [6, 6.07) is 10.8. The maximum atomic E-state index is 5.27. The van der Waals surface area contributed by atoms with Crippen molar-refractivity contribution in [3.8, 4) is 5.75 Å². The number of nitrogens with zero attached hydrogens (tertiary/aromatic N) is 1. The van der Waals surface area contributed by atoms with Crippen LogP contribution in [0.4, 0.5) is 0 Å². The molecule has 1 heterocycles. The van der Waals surface area contributed by atoms with E-state index in [0.29, 0.717) is 6.04 Å². The van der Waals surface area contributed by atoms with E-state index in [9.17, 15) is 0 Å². The number of nitrogens with one attached hydrogen (secondary N) is 1. The Bertz CT molecular complexity index is 560. The van der Waals surface area contributed by atoms with Crippen molar-refractivity contribution in [1.82, 2.24) is 10.3 Å². The number of pyridine rings is 1.